The lowest BCUT2D eigenvalue weighted by molar-refractivity contribution is -0.138. The first-order chi connectivity index (χ1) is 12.1. The van der Waals surface area contributed by atoms with Crippen molar-refractivity contribution in [2.45, 2.75) is 18.9 Å². The van der Waals surface area contributed by atoms with Gasteiger partial charge in [-0.1, -0.05) is 18.2 Å². The lowest BCUT2D eigenvalue weighted by atomic mass is 9.95. The maximum absolute atomic E-state index is 13.1. The van der Waals surface area contributed by atoms with Gasteiger partial charge in [-0.3, -0.25) is 4.68 Å². The fraction of sp³-hybridized carbons (Fsp3) is 0.167. The highest BCUT2D eigenvalue weighted by atomic mass is 19.4. The van der Waals surface area contributed by atoms with Crippen LogP contribution >= 0.6 is 0 Å². The molecule has 3 aromatic rings. The highest BCUT2D eigenvalue weighted by Crippen LogP contribution is 2.36. The SMILES string of the molecule is FC(F)(F)c1cccc(-c2cc(C(F)(F)F)ccc2Cn2cccn2)c1. The largest absolute Gasteiger partial charge is 0.416 e. The lowest BCUT2D eigenvalue weighted by Crippen LogP contribution is -2.08. The summed E-state index contributed by atoms with van der Waals surface area (Å²) < 4.78 is 79.6. The molecule has 0 aliphatic rings. The number of halogens is 6. The van der Waals surface area contributed by atoms with Crippen molar-refractivity contribution >= 4 is 0 Å². The van der Waals surface area contributed by atoms with E-state index in [0.717, 1.165) is 24.3 Å². The lowest BCUT2D eigenvalue weighted by Gasteiger charge is -2.15. The van der Waals surface area contributed by atoms with Crippen molar-refractivity contribution in [3.63, 3.8) is 0 Å². The van der Waals surface area contributed by atoms with Gasteiger partial charge in [-0.05, 0) is 47.0 Å². The van der Waals surface area contributed by atoms with Crippen LogP contribution in [0.3, 0.4) is 0 Å². The van der Waals surface area contributed by atoms with Crippen molar-refractivity contribution in [1.29, 1.82) is 0 Å². The summed E-state index contributed by atoms with van der Waals surface area (Å²) in [6.45, 7) is 0.136. The van der Waals surface area contributed by atoms with E-state index >= 15 is 0 Å². The summed E-state index contributed by atoms with van der Waals surface area (Å²) >= 11 is 0. The maximum Gasteiger partial charge on any atom is 0.416 e. The molecule has 0 fully saturated rings. The summed E-state index contributed by atoms with van der Waals surface area (Å²) in [4.78, 5) is 0. The summed E-state index contributed by atoms with van der Waals surface area (Å²) in [5.41, 5.74) is -1.26. The second-order valence-electron chi connectivity index (χ2n) is 5.65. The second kappa shape index (κ2) is 6.51. The van der Waals surface area contributed by atoms with E-state index in [1.165, 1.54) is 29.1 Å². The fourth-order valence-corrected chi connectivity index (χ4v) is 2.59. The minimum atomic E-state index is -4.60. The molecule has 0 bridgehead atoms. The van der Waals surface area contributed by atoms with Gasteiger partial charge in [-0.25, -0.2) is 0 Å². The van der Waals surface area contributed by atoms with Crippen LogP contribution in [-0.4, -0.2) is 9.78 Å². The Morgan fingerprint density at radius 1 is 0.808 bits per heavy atom. The summed E-state index contributed by atoms with van der Waals surface area (Å²) in [6, 6.07) is 8.96. The summed E-state index contributed by atoms with van der Waals surface area (Å²) in [5.74, 6) is 0. The molecule has 0 saturated carbocycles. The molecule has 0 atom stereocenters. The van der Waals surface area contributed by atoms with Crippen molar-refractivity contribution in [3.8, 4) is 11.1 Å². The molecule has 0 N–H and O–H groups in total. The van der Waals surface area contributed by atoms with Gasteiger partial charge in [0, 0.05) is 12.4 Å². The second-order valence-corrected chi connectivity index (χ2v) is 5.65. The quantitative estimate of drug-likeness (QED) is 0.546. The zero-order valence-corrected chi connectivity index (χ0v) is 13.1. The van der Waals surface area contributed by atoms with Crippen LogP contribution in [0.2, 0.25) is 0 Å². The standard InChI is InChI=1S/C18H12F6N2/c19-17(20,21)14-4-1-3-12(9-14)16-10-15(18(22,23)24)6-5-13(16)11-26-8-2-7-25-26/h1-10H,11H2. The monoisotopic (exact) mass is 370 g/mol. The predicted molar refractivity (Wildman–Crippen MR) is 83.2 cm³/mol. The third kappa shape index (κ3) is 3.89. The Bertz CT molecular complexity index is 895. The molecule has 1 aromatic heterocycles. The van der Waals surface area contributed by atoms with Gasteiger partial charge in [0.15, 0.2) is 0 Å². The third-order valence-electron chi connectivity index (χ3n) is 3.83. The number of nitrogens with zero attached hydrogens (tertiary/aromatic N) is 2. The van der Waals surface area contributed by atoms with Crippen molar-refractivity contribution in [2.24, 2.45) is 0 Å². The van der Waals surface area contributed by atoms with Crippen LogP contribution in [-0.2, 0) is 18.9 Å². The minimum absolute atomic E-state index is 0.0630. The molecule has 2 aromatic carbocycles. The smallest absolute Gasteiger partial charge is 0.268 e. The van der Waals surface area contributed by atoms with E-state index in [1.807, 2.05) is 0 Å². The Labute approximate surface area is 144 Å². The average molecular weight is 370 g/mol. The van der Waals surface area contributed by atoms with Gasteiger partial charge in [-0.15, -0.1) is 0 Å². The molecule has 0 saturated heterocycles. The third-order valence-corrected chi connectivity index (χ3v) is 3.83. The zero-order chi connectivity index (χ0) is 18.9. The van der Waals surface area contributed by atoms with Gasteiger partial charge >= 0.3 is 12.4 Å². The Balaban J connectivity index is 2.13. The Kier molecular flexibility index (Phi) is 4.52. The van der Waals surface area contributed by atoms with Gasteiger partial charge in [0.05, 0.1) is 17.7 Å². The maximum atomic E-state index is 13.1. The van der Waals surface area contributed by atoms with Crippen molar-refractivity contribution in [1.82, 2.24) is 9.78 Å². The van der Waals surface area contributed by atoms with E-state index in [2.05, 4.69) is 5.10 Å². The van der Waals surface area contributed by atoms with Gasteiger partial charge in [-0.2, -0.15) is 31.4 Å². The molecule has 3 rings (SSSR count). The molecule has 0 radical (unpaired) electrons. The van der Waals surface area contributed by atoms with Crippen LogP contribution in [0.15, 0.2) is 60.9 Å². The molecule has 0 spiro atoms. The molecule has 0 aliphatic carbocycles. The van der Waals surface area contributed by atoms with Crippen LogP contribution < -0.4 is 0 Å². The van der Waals surface area contributed by atoms with E-state index in [0.29, 0.717) is 5.56 Å². The molecule has 2 nitrogen and oxygen atoms in total. The molecular formula is C18H12F6N2. The van der Waals surface area contributed by atoms with Crippen molar-refractivity contribution in [2.75, 3.05) is 0 Å². The molecule has 0 aliphatic heterocycles. The first-order valence-corrected chi connectivity index (χ1v) is 7.50. The zero-order valence-electron chi connectivity index (χ0n) is 13.1. The van der Waals surface area contributed by atoms with Gasteiger partial charge in [0.25, 0.3) is 0 Å². The fourth-order valence-electron chi connectivity index (χ4n) is 2.59. The Hall–Kier alpha value is -2.77. The molecule has 0 unspecified atom stereocenters. The molecular weight excluding hydrogens is 358 g/mol. The predicted octanol–water partition coefficient (Wildman–Crippen LogP) is 5.64. The van der Waals surface area contributed by atoms with Crippen molar-refractivity contribution < 1.29 is 26.3 Å². The van der Waals surface area contributed by atoms with E-state index in [4.69, 9.17) is 0 Å². The van der Waals surface area contributed by atoms with E-state index in [9.17, 15) is 26.3 Å². The summed E-state index contributed by atoms with van der Waals surface area (Å²) in [6.07, 6.45) is -6.05. The number of benzene rings is 2. The first-order valence-electron chi connectivity index (χ1n) is 7.50. The van der Waals surface area contributed by atoms with Gasteiger partial charge in [0.1, 0.15) is 0 Å². The van der Waals surface area contributed by atoms with Gasteiger partial charge < -0.3 is 0 Å². The first kappa shape index (κ1) is 18.0. The Morgan fingerprint density at radius 3 is 2.12 bits per heavy atom. The average Bonchev–Trinajstić information content (AvgIpc) is 3.06. The van der Waals surface area contributed by atoms with E-state index in [1.54, 1.807) is 12.3 Å². The molecule has 26 heavy (non-hydrogen) atoms. The number of hydrogen-bond acceptors (Lipinski definition) is 1. The van der Waals surface area contributed by atoms with Crippen molar-refractivity contribution in [3.05, 3.63) is 77.6 Å². The van der Waals surface area contributed by atoms with E-state index < -0.39 is 23.5 Å². The van der Waals surface area contributed by atoms with Crippen LogP contribution in [0.4, 0.5) is 26.3 Å². The minimum Gasteiger partial charge on any atom is -0.268 e. The topological polar surface area (TPSA) is 17.8 Å². The molecule has 8 heteroatoms. The molecule has 1 heterocycles. The molecule has 136 valence electrons. The highest BCUT2D eigenvalue weighted by Gasteiger charge is 2.32. The number of alkyl halides is 6. The Morgan fingerprint density at radius 2 is 1.50 bits per heavy atom. The summed E-state index contributed by atoms with van der Waals surface area (Å²) in [7, 11) is 0. The van der Waals surface area contributed by atoms with E-state index in [-0.39, 0.29) is 17.7 Å². The number of aromatic nitrogens is 2. The summed E-state index contributed by atoms with van der Waals surface area (Å²) in [5, 5.41) is 3.99. The number of rotatable bonds is 3. The normalized spacial score (nSPS) is 12.4. The van der Waals surface area contributed by atoms with Crippen LogP contribution in [0, 0.1) is 0 Å². The van der Waals surface area contributed by atoms with Gasteiger partial charge in [0.2, 0.25) is 0 Å². The van der Waals surface area contributed by atoms with Crippen LogP contribution in [0.5, 0.6) is 0 Å². The molecule has 0 amide bonds. The van der Waals surface area contributed by atoms with Crippen LogP contribution in [0.1, 0.15) is 16.7 Å². The highest BCUT2D eigenvalue weighted by molar-refractivity contribution is 5.69. The van der Waals surface area contributed by atoms with Crippen LogP contribution in [0.25, 0.3) is 11.1 Å². The number of hydrogen-bond donors (Lipinski definition) is 0.